The molecular formula is C19H22N2O5. The van der Waals surface area contributed by atoms with Crippen molar-refractivity contribution in [2.45, 2.75) is 19.8 Å². The second kappa shape index (κ2) is 8.75. The van der Waals surface area contributed by atoms with Crippen molar-refractivity contribution in [1.29, 1.82) is 0 Å². The molecule has 0 aliphatic carbocycles. The van der Waals surface area contributed by atoms with E-state index in [1.54, 1.807) is 0 Å². The lowest BCUT2D eigenvalue weighted by atomic mass is 10.1. The fourth-order valence-corrected chi connectivity index (χ4v) is 2.32. The van der Waals surface area contributed by atoms with Crippen LogP contribution in [0.3, 0.4) is 0 Å². The number of benzene rings is 2. The van der Waals surface area contributed by atoms with Crippen molar-refractivity contribution >= 4 is 11.8 Å². The summed E-state index contributed by atoms with van der Waals surface area (Å²) < 4.78 is 0. The van der Waals surface area contributed by atoms with Gasteiger partial charge in [0.1, 0.15) is 0 Å². The Morgan fingerprint density at radius 2 is 1.50 bits per heavy atom. The van der Waals surface area contributed by atoms with E-state index >= 15 is 0 Å². The van der Waals surface area contributed by atoms with Gasteiger partial charge in [-0.2, -0.15) is 0 Å². The number of carbonyl (C=O) groups is 2. The summed E-state index contributed by atoms with van der Waals surface area (Å²) in [6.45, 7) is 2.46. The van der Waals surface area contributed by atoms with Crippen LogP contribution >= 0.6 is 0 Å². The Balaban J connectivity index is 1.70. The zero-order chi connectivity index (χ0) is 19.1. The third-order valence-corrected chi connectivity index (χ3v) is 3.83. The van der Waals surface area contributed by atoms with Gasteiger partial charge in [-0.05, 0) is 31.0 Å². The van der Waals surface area contributed by atoms with Crippen molar-refractivity contribution in [1.82, 2.24) is 10.6 Å². The number of hydrogen-bond donors (Lipinski definition) is 5. The third kappa shape index (κ3) is 5.41. The van der Waals surface area contributed by atoms with Crippen molar-refractivity contribution in [2.75, 3.05) is 13.1 Å². The standard InChI is InChI=1S/C19H22N2O5/c1-12-2-4-13(5-3-12)6-7-17(24)20-8-9-21-19(26)14-10-15(22)18(25)16(23)11-14/h2-5,10-11,22-23,25H,6-9H2,1H3,(H,20,24)(H,21,26). The van der Waals surface area contributed by atoms with Gasteiger partial charge in [-0.1, -0.05) is 29.8 Å². The Kier molecular flexibility index (Phi) is 6.43. The molecule has 2 rings (SSSR count). The van der Waals surface area contributed by atoms with E-state index < -0.39 is 23.2 Å². The van der Waals surface area contributed by atoms with Crippen molar-refractivity contribution < 1.29 is 24.9 Å². The van der Waals surface area contributed by atoms with Crippen LogP contribution in [-0.2, 0) is 11.2 Å². The number of hydrogen-bond acceptors (Lipinski definition) is 5. The van der Waals surface area contributed by atoms with Crippen LogP contribution in [0.15, 0.2) is 36.4 Å². The van der Waals surface area contributed by atoms with Crippen LogP contribution in [-0.4, -0.2) is 40.2 Å². The summed E-state index contributed by atoms with van der Waals surface area (Å²) in [6, 6.07) is 10.1. The third-order valence-electron chi connectivity index (χ3n) is 3.83. The molecule has 26 heavy (non-hydrogen) atoms. The van der Waals surface area contributed by atoms with Gasteiger partial charge in [0, 0.05) is 25.1 Å². The molecule has 2 amide bonds. The Labute approximate surface area is 151 Å². The summed E-state index contributed by atoms with van der Waals surface area (Å²) in [5.74, 6) is -2.49. The van der Waals surface area contributed by atoms with Gasteiger partial charge in [0.25, 0.3) is 5.91 Å². The van der Waals surface area contributed by atoms with E-state index in [1.165, 1.54) is 5.56 Å². The highest BCUT2D eigenvalue weighted by Gasteiger charge is 2.13. The van der Waals surface area contributed by atoms with Crippen LogP contribution in [0.25, 0.3) is 0 Å². The predicted octanol–water partition coefficient (Wildman–Crippen LogP) is 1.59. The number of rotatable bonds is 7. The fraction of sp³-hybridized carbons (Fsp3) is 0.263. The lowest BCUT2D eigenvalue weighted by Crippen LogP contribution is -2.34. The normalized spacial score (nSPS) is 10.3. The molecule has 0 atom stereocenters. The van der Waals surface area contributed by atoms with Gasteiger partial charge in [-0.25, -0.2) is 0 Å². The Hall–Kier alpha value is -3.22. The largest absolute Gasteiger partial charge is 0.504 e. The van der Waals surface area contributed by atoms with Gasteiger partial charge in [0.15, 0.2) is 17.2 Å². The van der Waals surface area contributed by atoms with Crippen LogP contribution < -0.4 is 10.6 Å². The van der Waals surface area contributed by atoms with Crippen molar-refractivity contribution in [3.05, 3.63) is 53.1 Å². The summed E-state index contributed by atoms with van der Waals surface area (Å²) in [6.07, 6.45) is 1.00. The molecule has 0 spiro atoms. The first-order chi connectivity index (χ1) is 12.4. The molecule has 0 aromatic heterocycles. The second-order valence-corrected chi connectivity index (χ2v) is 5.95. The van der Waals surface area contributed by atoms with Gasteiger partial charge in [0.2, 0.25) is 5.91 Å². The molecule has 7 heteroatoms. The maximum atomic E-state index is 11.9. The highest BCUT2D eigenvalue weighted by atomic mass is 16.3. The molecule has 0 unspecified atom stereocenters. The first kappa shape index (κ1) is 19.1. The van der Waals surface area contributed by atoms with E-state index in [9.17, 15) is 24.9 Å². The molecule has 138 valence electrons. The summed E-state index contributed by atoms with van der Waals surface area (Å²) in [7, 11) is 0. The molecule has 0 fully saturated rings. The van der Waals surface area contributed by atoms with Crippen LogP contribution in [0.2, 0.25) is 0 Å². The molecule has 0 bridgehead atoms. The molecule has 0 radical (unpaired) electrons. The Morgan fingerprint density at radius 1 is 0.923 bits per heavy atom. The Bertz CT molecular complexity index is 764. The number of aromatic hydroxyl groups is 3. The monoisotopic (exact) mass is 358 g/mol. The Morgan fingerprint density at radius 3 is 2.12 bits per heavy atom. The predicted molar refractivity (Wildman–Crippen MR) is 96.3 cm³/mol. The highest BCUT2D eigenvalue weighted by Crippen LogP contribution is 2.35. The zero-order valence-electron chi connectivity index (χ0n) is 14.5. The minimum atomic E-state index is -0.678. The van der Waals surface area contributed by atoms with E-state index in [0.29, 0.717) is 12.8 Å². The van der Waals surface area contributed by atoms with Crippen LogP contribution in [0.4, 0.5) is 0 Å². The molecule has 0 aliphatic rings. The SMILES string of the molecule is Cc1ccc(CCC(=O)NCCNC(=O)c2cc(O)c(O)c(O)c2)cc1. The minimum Gasteiger partial charge on any atom is -0.504 e. The van der Waals surface area contributed by atoms with E-state index in [0.717, 1.165) is 17.7 Å². The van der Waals surface area contributed by atoms with E-state index in [1.807, 2.05) is 31.2 Å². The molecule has 0 aliphatic heterocycles. The quantitative estimate of drug-likeness (QED) is 0.380. The van der Waals surface area contributed by atoms with Crippen molar-refractivity contribution in [3.63, 3.8) is 0 Å². The molecule has 7 nitrogen and oxygen atoms in total. The second-order valence-electron chi connectivity index (χ2n) is 5.95. The molecule has 2 aromatic carbocycles. The fourth-order valence-electron chi connectivity index (χ4n) is 2.32. The number of phenolic OH excluding ortho intramolecular Hbond substituents is 3. The average molecular weight is 358 g/mol. The summed E-state index contributed by atoms with van der Waals surface area (Å²) >= 11 is 0. The molecule has 5 N–H and O–H groups in total. The molecule has 0 heterocycles. The molecule has 0 saturated carbocycles. The number of phenols is 3. The topological polar surface area (TPSA) is 119 Å². The first-order valence-corrected chi connectivity index (χ1v) is 8.22. The number of carbonyl (C=O) groups excluding carboxylic acids is 2. The number of nitrogens with one attached hydrogen (secondary N) is 2. The molecule has 0 saturated heterocycles. The smallest absolute Gasteiger partial charge is 0.251 e. The van der Waals surface area contributed by atoms with Gasteiger partial charge < -0.3 is 26.0 Å². The molecular weight excluding hydrogens is 336 g/mol. The highest BCUT2D eigenvalue weighted by molar-refractivity contribution is 5.95. The van der Waals surface area contributed by atoms with E-state index in [-0.39, 0.29) is 24.6 Å². The molecule has 2 aromatic rings. The zero-order valence-corrected chi connectivity index (χ0v) is 14.5. The van der Waals surface area contributed by atoms with E-state index in [4.69, 9.17) is 0 Å². The van der Waals surface area contributed by atoms with E-state index in [2.05, 4.69) is 10.6 Å². The summed E-state index contributed by atoms with van der Waals surface area (Å²) in [5, 5.41) is 33.3. The van der Waals surface area contributed by atoms with Crippen LogP contribution in [0, 0.1) is 6.92 Å². The summed E-state index contributed by atoms with van der Waals surface area (Å²) in [5.41, 5.74) is 2.26. The van der Waals surface area contributed by atoms with Crippen LogP contribution in [0.1, 0.15) is 27.9 Å². The van der Waals surface area contributed by atoms with Crippen molar-refractivity contribution in [2.24, 2.45) is 0 Å². The van der Waals surface area contributed by atoms with Gasteiger partial charge in [-0.3, -0.25) is 9.59 Å². The maximum absolute atomic E-state index is 11.9. The lowest BCUT2D eigenvalue weighted by Gasteiger charge is -2.09. The van der Waals surface area contributed by atoms with Crippen LogP contribution in [0.5, 0.6) is 17.2 Å². The maximum Gasteiger partial charge on any atom is 0.251 e. The first-order valence-electron chi connectivity index (χ1n) is 8.22. The van der Waals surface area contributed by atoms with Crippen molar-refractivity contribution in [3.8, 4) is 17.2 Å². The lowest BCUT2D eigenvalue weighted by molar-refractivity contribution is -0.121. The summed E-state index contributed by atoms with van der Waals surface area (Å²) in [4.78, 5) is 23.7. The van der Waals surface area contributed by atoms with Gasteiger partial charge >= 0.3 is 0 Å². The van der Waals surface area contributed by atoms with Gasteiger partial charge in [0.05, 0.1) is 0 Å². The van der Waals surface area contributed by atoms with Gasteiger partial charge in [-0.15, -0.1) is 0 Å². The minimum absolute atomic E-state index is 0.00324. The number of amides is 2. The number of aryl methyl sites for hydroxylation is 2. The average Bonchev–Trinajstić information content (AvgIpc) is 2.62.